The van der Waals surface area contributed by atoms with Crippen LogP contribution in [-0.2, 0) is 18.4 Å². The average molecular weight is 206 g/mol. The molecule has 0 saturated heterocycles. The highest BCUT2D eigenvalue weighted by Crippen LogP contribution is 2.54. The molecule has 0 atom stereocenters. The number of carbonyl (C=O) groups excluding carboxylic acids is 1. The molecular formula is C6H11N2O4P. The predicted molar refractivity (Wildman–Crippen MR) is 45.5 cm³/mol. The van der Waals surface area contributed by atoms with Crippen LogP contribution in [0.4, 0.5) is 0 Å². The van der Waals surface area contributed by atoms with E-state index in [9.17, 15) is 9.36 Å². The van der Waals surface area contributed by atoms with E-state index in [2.05, 4.69) is 14.2 Å². The zero-order valence-corrected chi connectivity index (χ0v) is 8.50. The van der Waals surface area contributed by atoms with Crippen LogP contribution in [0.3, 0.4) is 0 Å². The van der Waals surface area contributed by atoms with Crippen molar-refractivity contribution in [1.82, 2.24) is 0 Å². The Morgan fingerprint density at radius 1 is 1.46 bits per heavy atom. The molecule has 6 nitrogen and oxygen atoms in total. The van der Waals surface area contributed by atoms with Gasteiger partial charge in [-0.3, -0.25) is 9.36 Å². The Kier molecular flexibility index (Phi) is 4.69. The molecule has 0 aliphatic rings. The Bertz CT molecular complexity index is 278. The van der Waals surface area contributed by atoms with Crippen LogP contribution in [0.5, 0.6) is 0 Å². The average Bonchev–Trinajstić information content (AvgIpc) is 2.12. The third-order valence-corrected chi connectivity index (χ3v) is 3.31. The molecule has 0 aliphatic heterocycles. The molecule has 74 valence electrons. The minimum absolute atomic E-state index is 0.229. The van der Waals surface area contributed by atoms with E-state index in [0.717, 1.165) is 20.4 Å². The number of ketones is 1. The van der Waals surface area contributed by atoms with Crippen molar-refractivity contribution < 1.29 is 18.4 Å². The number of carbonyl (C=O) groups is 1. The quantitative estimate of drug-likeness (QED) is 0.422. The van der Waals surface area contributed by atoms with Crippen LogP contribution in [0, 0.1) is 5.53 Å². The molecule has 0 unspecified atom stereocenters. The summed E-state index contributed by atoms with van der Waals surface area (Å²) in [5.74, 6) is -0.497. The second-order valence-corrected chi connectivity index (χ2v) is 4.27. The van der Waals surface area contributed by atoms with E-state index < -0.39 is 13.4 Å². The molecule has 0 radical (unpaired) electrons. The molecule has 0 bridgehead atoms. The molecule has 1 N–H and O–H groups in total. The molecule has 0 aromatic rings. The first-order valence-corrected chi connectivity index (χ1v) is 4.86. The maximum atomic E-state index is 11.6. The summed E-state index contributed by atoms with van der Waals surface area (Å²) in [6, 6.07) is 0. The largest absolute Gasteiger partial charge is 0.366 e. The zero-order valence-electron chi connectivity index (χ0n) is 7.60. The van der Waals surface area contributed by atoms with E-state index in [-0.39, 0.29) is 5.31 Å². The fourth-order valence-electron chi connectivity index (χ4n) is 0.687. The van der Waals surface area contributed by atoms with E-state index in [0.29, 0.717) is 0 Å². The molecule has 0 heterocycles. The Morgan fingerprint density at radius 2 is 1.92 bits per heavy atom. The summed E-state index contributed by atoms with van der Waals surface area (Å²) in [4.78, 5) is 11.0. The Balaban J connectivity index is 5.16. The van der Waals surface area contributed by atoms with E-state index in [1.165, 1.54) is 6.92 Å². The first-order chi connectivity index (χ1) is 6.01. The maximum absolute atomic E-state index is 11.6. The van der Waals surface area contributed by atoms with Gasteiger partial charge in [-0.05, 0) is 6.92 Å². The monoisotopic (exact) mass is 206 g/mol. The van der Waals surface area contributed by atoms with E-state index >= 15 is 0 Å². The third-order valence-electron chi connectivity index (χ3n) is 1.32. The normalized spacial score (nSPS) is 12.7. The first kappa shape index (κ1) is 12.2. The van der Waals surface area contributed by atoms with Gasteiger partial charge in [0.05, 0.1) is 6.20 Å². The van der Waals surface area contributed by atoms with Crippen molar-refractivity contribution in [3.8, 4) is 0 Å². The van der Waals surface area contributed by atoms with Crippen LogP contribution >= 0.6 is 7.60 Å². The molecule has 13 heavy (non-hydrogen) atoms. The lowest BCUT2D eigenvalue weighted by molar-refractivity contribution is -0.113. The van der Waals surface area contributed by atoms with Gasteiger partial charge in [-0.2, -0.15) is 5.11 Å². The lowest BCUT2D eigenvalue weighted by atomic mass is 10.4. The van der Waals surface area contributed by atoms with Gasteiger partial charge in [0.1, 0.15) is 5.31 Å². The molecule has 0 rings (SSSR count). The summed E-state index contributed by atoms with van der Waals surface area (Å²) < 4.78 is 20.7. The van der Waals surface area contributed by atoms with Gasteiger partial charge in [-0.25, -0.2) is 5.53 Å². The lowest BCUT2D eigenvalue weighted by Gasteiger charge is -2.13. The molecule has 0 aromatic carbocycles. The van der Waals surface area contributed by atoms with Crippen molar-refractivity contribution in [2.24, 2.45) is 5.11 Å². The number of hydrogen-bond acceptors (Lipinski definition) is 6. The van der Waals surface area contributed by atoms with Gasteiger partial charge in [-0.1, -0.05) is 0 Å². The Morgan fingerprint density at radius 3 is 2.15 bits per heavy atom. The Labute approximate surface area is 76.0 Å². The van der Waals surface area contributed by atoms with Gasteiger partial charge >= 0.3 is 7.60 Å². The van der Waals surface area contributed by atoms with Gasteiger partial charge in [0.2, 0.25) is 0 Å². The van der Waals surface area contributed by atoms with Crippen molar-refractivity contribution >= 4 is 13.4 Å². The highest BCUT2D eigenvalue weighted by molar-refractivity contribution is 7.59. The van der Waals surface area contributed by atoms with Crippen molar-refractivity contribution in [1.29, 1.82) is 5.53 Å². The number of nitrogens with one attached hydrogen (secondary N) is 1. The molecule has 7 heteroatoms. The molecule has 0 saturated carbocycles. The summed E-state index contributed by atoms with van der Waals surface area (Å²) in [5.41, 5.74) is 6.52. The fourth-order valence-corrected chi connectivity index (χ4v) is 1.81. The van der Waals surface area contributed by atoms with E-state index in [1.807, 2.05) is 0 Å². The fraction of sp³-hybridized carbons (Fsp3) is 0.500. The summed E-state index contributed by atoms with van der Waals surface area (Å²) in [6.07, 6.45) is 0.857. The van der Waals surface area contributed by atoms with Gasteiger partial charge in [0.25, 0.3) is 0 Å². The highest BCUT2D eigenvalue weighted by atomic mass is 31.2. The zero-order chi connectivity index (χ0) is 10.5. The minimum atomic E-state index is -3.57. The number of rotatable bonds is 5. The van der Waals surface area contributed by atoms with Crippen LogP contribution in [0.1, 0.15) is 6.92 Å². The van der Waals surface area contributed by atoms with Crippen molar-refractivity contribution in [2.75, 3.05) is 14.2 Å². The van der Waals surface area contributed by atoms with Crippen molar-refractivity contribution in [3.05, 3.63) is 11.5 Å². The number of allylic oxidation sites excluding steroid dienone is 1. The van der Waals surface area contributed by atoms with Crippen LogP contribution in [0.25, 0.3) is 0 Å². The second kappa shape index (κ2) is 5.01. The summed E-state index contributed by atoms with van der Waals surface area (Å²) >= 11 is 0. The second-order valence-electron chi connectivity index (χ2n) is 2.06. The van der Waals surface area contributed by atoms with Gasteiger partial charge in [-0.15, -0.1) is 0 Å². The van der Waals surface area contributed by atoms with Crippen LogP contribution in [0.15, 0.2) is 16.6 Å². The van der Waals surface area contributed by atoms with Gasteiger partial charge in [0, 0.05) is 14.2 Å². The Hall–Kier alpha value is -0.840. The standard InChI is InChI=1S/C6H11N2O4P/c1-5(9)6(4-8-7)13(10,11-2)12-3/h4,7H,1-3H3/b6-4-,8-7?. The van der Waals surface area contributed by atoms with Crippen LogP contribution in [-0.4, -0.2) is 20.0 Å². The molecular weight excluding hydrogens is 195 g/mol. The molecule has 0 fully saturated rings. The summed E-state index contributed by atoms with van der Waals surface area (Å²) in [5, 5.41) is 2.63. The lowest BCUT2D eigenvalue weighted by Crippen LogP contribution is -2.01. The molecule has 0 spiro atoms. The smallest absolute Gasteiger partial charge is 0.308 e. The SMILES string of the molecule is COP(=O)(OC)/C(=C\N=N)C(C)=O. The third kappa shape index (κ3) is 2.84. The maximum Gasteiger partial charge on any atom is 0.366 e. The van der Waals surface area contributed by atoms with Crippen LogP contribution in [0.2, 0.25) is 0 Å². The molecule has 0 aliphatic carbocycles. The topological polar surface area (TPSA) is 88.8 Å². The first-order valence-electron chi connectivity index (χ1n) is 3.31. The minimum Gasteiger partial charge on any atom is -0.308 e. The summed E-state index contributed by atoms with van der Waals surface area (Å²) in [7, 11) is -1.25. The molecule has 0 amide bonds. The van der Waals surface area contributed by atoms with Crippen molar-refractivity contribution in [3.63, 3.8) is 0 Å². The van der Waals surface area contributed by atoms with Gasteiger partial charge in [0.15, 0.2) is 5.78 Å². The highest BCUT2D eigenvalue weighted by Gasteiger charge is 2.30. The number of Topliss-reactive ketones (excluding diaryl/α,β-unsaturated/α-hetero) is 1. The predicted octanol–water partition coefficient (Wildman–Crippen LogP) is 1.93. The summed E-state index contributed by atoms with van der Waals surface area (Å²) in [6.45, 7) is 1.20. The van der Waals surface area contributed by atoms with Gasteiger partial charge < -0.3 is 9.05 Å². The van der Waals surface area contributed by atoms with E-state index in [4.69, 9.17) is 5.53 Å². The van der Waals surface area contributed by atoms with E-state index in [1.54, 1.807) is 0 Å². The number of hydrogen-bond donors (Lipinski definition) is 1. The van der Waals surface area contributed by atoms with Crippen LogP contribution < -0.4 is 0 Å². The number of nitrogens with zero attached hydrogens (tertiary/aromatic N) is 1. The van der Waals surface area contributed by atoms with Crippen molar-refractivity contribution in [2.45, 2.75) is 6.92 Å². The molecule has 0 aromatic heterocycles.